The second-order valence-electron chi connectivity index (χ2n) is 2.86. The molecule has 1 amide bonds. The van der Waals surface area contributed by atoms with Crippen molar-refractivity contribution >= 4 is 23.2 Å². The van der Waals surface area contributed by atoms with Crippen molar-refractivity contribution in [2.75, 3.05) is 11.9 Å². The molecule has 88 valence electrons. The molecule has 0 aliphatic carbocycles. The van der Waals surface area contributed by atoms with Crippen LogP contribution in [0.25, 0.3) is 0 Å². The van der Waals surface area contributed by atoms with Gasteiger partial charge >= 0.3 is 6.43 Å². The van der Waals surface area contributed by atoms with Gasteiger partial charge in [0.2, 0.25) is 0 Å². The maximum Gasteiger partial charge on any atom is 0.315 e. The van der Waals surface area contributed by atoms with E-state index in [-0.39, 0.29) is 5.69 Å². The Labute approximate surface area is 96.4 Å². The van der Waals surface area contributed by atoms with Gasteiger partial charge in [-0.05, 0) is 25.1 Å². The molecule has 1 N–H and O–H groups in total. The normalized spacial score (nSPS) is 10.3. The Bertz CT molecular complexity index is 385. The molecule has 0 atom stereocenters. The fourth-order valence-electron chi connectivity index (χ4n) is 1.07. The summed E-state index contributed by atoms with van der Waals surface area (Å²) in [5.41, 5.74) is 0.139. The van der Waals surface area contributed by atoms with E-state index in [9.17, 15) is 13.6 Å². The van der Waals surface area contributed by atoms with Crippen LogP contribution in [-0.4, -0.2) is 18.9 Å². The maximum absolute atomic E-state index is 12.0. The number of halogens is 3. The Morgan fingerprint density at radius 1 is 1.56 bits per heavy atom. The Hall–Kier alpha value is -1.36. The lowest BCUT2D eigenvalue weighted by molar-refractivity contribution is -0.126. The molecule has 0 aromatic heterocycles. The predicted molar refractivity (Wildman–Crippen MR) is 57.3 cm³/mol. The molecule has 0 saturated carbocycles. The Morgan fingerprint density at radius 2 is 2.25 bits per heavy atom. The molecule has 1 aromatic rings. The zero-order chi connectivity index (χ0) is 12.1. The van der Waals surface area contributed by atoms with E-state index in [4.69, 9.17) is 16.3 Å². The minimum Gasteiger partial charge on any atom is -0.492 e. The Morgan fingerprint density at radius 3 is 2.81 bits per heavy atom. The van der Waals surface area contributed by atoms with Gasteiger partial charge in [0.1, 0.15) is 5.75 Å². The zero-order valence-corrected chi connectivity index (χ0v) is 9.22. The summed E-state index contributed by atoms with van der Waals surface area (Å²) in [6.45, 7) is 2.10. The van der Waals surface area contributed by atoms with E-state index < -0.39 is 12.3 Å². The molecule has 1 aromatic carbocycles. The molecule has 0 unspecified atom stereocenters. The lowest BCUT2D eigenvalue weighted by atomic mass is 10.3. The topological polar surface area (TPSA) is 38.3 Å². The molecule has 0 radical (unpaired) electrons. The molecule has 0 bridgehead atoms. The molecule has 6 heteroatoms. The Kier molecular flexibility index (Phi) is 4.49. The first-order chi connectivity index (χ1) is 7.54. The summed E-state index contributed by atoms with van der Waals surface area (Å²) < 4.78 is 29.2. The number of rotatable bonds is 4. The number of carbonyl (C=O) groups excluding carboxylic acids is 1. The molecule has 16 heavy (non-hydrogen) atoms. The largest absolute Gasteiger partial charge is 0.492 e. The van der Waals surface area contributed by atoms with Crippen molar-refractivity contribution < 1.29 is 18.3 Å². The second-order valence-corrected chi connectivity index (χ2v) is 3.30. The molecule has 0 aliphatic heterocycles. The van der Waals surface area contributed by atoms with Crippen LogP contribution in [0.2, 0.25) is 5.02 Å². The summed E-state index contributed by atoms with van der Waals surface area (Å²) in [5, 5.41) is 2.36. The van der Waals surface area contributed by atoms with Gasteiger partial charge in [-0.2, -0.15) is 8.78 Å². The van der Waals surface area contributed by atoms with E-state index in [2.05, 4.69) is 0 Å². The SMILES string of the molecule is CCOc1ccc(Cl)cc1NC(=O)C(F)F. The monoisotopic (exact) mass is 249 g/mol. The lowest BCUT2D eigenvalue weighted by Crippen LogP contribution is -2.20. The fraction of sp³-hybridized carbons (Fsp3) is 0.300. The number of amides is 1. The van der Waals surface area contributed by atoms with Crippen molar-refractivity contribution in [3.05, 3.63) is 23.2 Å². The van der Waals surface area contributed by atoms with Gasteiger partial charge < -0.3 is 10.1 Å². The number of benzene rings is 1. The van der Waals surface area contributed by atoms with Gasteiger partial charge in [0.25, 0.3) is 5.91 Å². The molecule has 0 aliphatic rings. The van der Waals surface area contributed by atoms with Crippen LogP contribution >= 0.6 is 11.6 Å². The van der Waals surface area contributed by atoms with Gasteiger partial charge in [0, 0.05) is 5.02 Å². The highest BCUT2D eigenvalue weighted by Gasteiger charge is 2.17. The van der Waals surface area contributed by atoms with E-state index in [0.717, 1.165) is 0 Å². The predicted octanol–water partition coefficient (Wildman–Crippen LogP) is 2.94. The van der Waals surface area contributed by atoms with Gasteiger partial charge in [-0.3, -0.25) is 4.79 Å². The van der Waals surface area contributed by atoms with E-state index >= 15 is 0 Å². The van der Waals surface area contributed by atoms with Crippen LogP contribution in [0, 0.1) is 0 Å². The van der Waals surface area contributed by atoms with Crippen molar-refractivity contribution in [2.24, 2.45) is 0 Å². The standard InChI is InChI=1S/C10H10ClF2NO2/c1-2-16-8-4-3-6(11)5-7(8)14-10(15)9(12)13/h3-5,9H,2H2,1H3,(H,14,15). The van der Waals surface area contributed by atoms with Crippen LogP contribution in [0.4, 0.5) is 14.5 Å². The zero-order valence-electron chi connectivity index (χ0n) is 8.47. The molecule has 1 rings (SSSR count). The van der Waals surface area contributed by atoms with E-state index in [0.29, 0.717) is 17.4 Å². The average Bonchev–Trinajstić information content (AvgIpc) is 2.22. The van der Waals surface area contributed by atoms with E-state index in [1.165, 1.54) is 12.1 Å². The van der Waals surface area contributed by atoms with Gasteiger partial charge in [-0.1, -0.05) is 11.6 Å². The first-order valence-corrected chi connectivity index (χ1v) is 4.93. The van der Waals surface area contributed by atoms with Gasteiger partial charge in [-0.25, -0.2) is 0 Å². The fourth-order valence-corrected chi connectivity index (χ4v) is 1.24. The van der Waals surface area contributed by atoms with Crippen LogP contribution in [0.5, 0.6) is 5.75 Å². The van der Waals surface area contributed by atoms with Crippen molar-refractivity contribution in [3.8, 4) is 5.75 Å². The summed E-state index contributed by atoms with van der Waals surface area (Å²) in [4.78, 5) is 10.8. The summed E-state index contributed by atoms with van der Waals surface area (Å²) in [6, 6.07) is 4.41. The maximum atomic E-state index is 12.0. The number of anilines is 1. The molecule has 0 fully saturated rings. The second kappa shape index (κ2) is 5.65. The van der Waals surface area contributed by atoms with E-state index in [1.807, 2.05) is 5.32 Å². The summed E-state index contributed by atoms with van der Waals surface area (Å²) in [6.07, 6.45) is -3.08. The number of ether oxygens (including phenoxy) is 1. The molecule has 3 nitrogen and oxygen atoms in total. The Balaban J connectivity index is 2.91. The summed E-state index contributed by atoms with van der Waals surface area (Å²) in [5.74, 6) is -1.08. The molecular weight excluding hydrogens is 240 g/mol. The number of nitrogens with one attached hydrogen (secondary N) is 1. The number of hydrogen-bond donors (Lipinski definition) is 1. The van der Waals surface area contributed by atoms with Crippen molar-refractivity contribution in [3.63, 3.8) is 0 Å². The summed E-state index contributed by atoms with van der Waals surface area (Å²) in [7, 11) is 0. The average molecular weight is 250 g/mol. The van der Waals surface area contributed by atoms with Gasteiger partial charge in [0.15, 0.2) is 0 Å². The van der Waals surface area contributed by atoms with Crippen LogP contribution < -0.4 is 10.1 Å². The highest BCUT2D eigenvalue weighted by molar-refractivity contribution is 6.31. The van der Waals surface area contributed by atoms with Crippen LogP contribution in [0.1, 0.15) is 6.92 Å². The summed E-state index contributed by atoms with van der Waals surface area (Å²) >= 11 is 5.69. The van der Waals surface area contributed by atoms with Crippen LogP contribution in [0.15, 0.2) is 18.2 Å². The highest BCUT2D eigenvalue weighted by Crippen LogP contribution is 2.28. The molecule has 0 saturated heterocycles. The number of carbonyl (C=O) groups is 1. The highest BCUT2D eigenvalue weighted by atomic mass is 35.5. The third-order valence-electron chi connectivity index (χ3n) is 1.70. The quantitative estimate of drug-likeness (QED) is 0.891. The van der Waals surface area contributed by atoms with Crippen molar-refractivity contribution in [1.82, 2.24) is 0 Å². The first-order valence-electron chi connectivity index (χ1n) is 4.56. The van der Waals surface area contributed by atoms with Gasteiger partial charge in [-0.15, -0.1) is 0 Å². The molecule has 0 spiro atoms. The van der Waals surface area contributed by atoms with Crippen molar-refractivity contribution in [1.29, 1.82) is 0 Å². The number of alkyl halides is 2. The minimum atomic E-state index is -3.08. The lowest BCUT2D eigenvalue weighted by Gasteiger charge is -2.11. The third kappa shape index (κ3) is 3.34. The smallest absolute Gasteiger partial charge is 0.315 e. The number of hydrogen-bond acceptors (Lipinski definition) is 2. The first kappa shape index (κ1) is 12.7. The van der Waals surface area contributed by atoms with Crippen LogP contribution in [-0.2, 0) is 4.79 Å². The van der Waals surface area contributed by atoms with Crippen molar-refractivity contribution in [2.45, 2.75) is 13.3 Å². The van der Waals surface area contributed by atoms with Gasteiger partial charge in [0.05, 0.1) is 12.3 Å². The molecular formula is C10H10ClF2NO2. The van der Waals surface area contributed by atoms with E-state index in [1.54, 1.807) is 13.0 Å². The third-order valence-corrected chi connectivity index (χ3v) is 1.93. The van der Waals surface area contributed by atoms with Crippen LogP contribution in [0.3, 0.4) is 0 Å². The molecule has 0 heterocycles. The minimum absolute atomic E-state index is 0.139.